The van der Waals surface area contributed by atoms with Crippen molar-refractivity contribution in [1.29, 1.82) is 0 Å². The van der Waals surface area contributed by atoms with Crippen LogP contribution in [0.2, 0.25) is 0 Å². The molecule has 4 heterocycles. The van der Waals surface area contributed by atoms with Gasteiger partial charge in [-0.05, 0) is 17.5 Å². The molecule has 0 aliphatic carbocycles. The number of fused-ring (bicyclic) bond motifs is 1. The van der Waals surface area contributed by atoms with E-state index >= 15 is 0 Å². The fraction of sp³-hybridized carbons (Fsp3) is 0.333. The predicted molar refractivity (Wildman–Crippen MR) is 87.2 cm³/mol. The minimum atomic E-state index is -4.53. The lowest BCUT2D eigenvalue weighted by Crippen LogP contribution is -2.39. The van der Waals surface area contributed by atoms with Crippen molar-refractivity contribution in [1.82, 2.24) is 29.4 Å². The molecule has 0 saturated carbocycles. The van der Waals surface area contributed by atoms with Gasteiger partial charge in [-0.2, -0.15) is 18.3 Å². The smallest absolute Gasteiger partial charge is 0.305 e. The van der Waals surface area contributed by atoms with E-state index in [2.05, 4.69) is 15.3 Å². The van der Waals surface area contributed by atoms with Gasteiger partial charge in [-0.1, -0.05) is 6.07 Å². The summed E-state index contributed by atoms with van der Waals surface area (Å²) < 4.78 is 41.1. The van der Waals surface area contributed by atoms with Crippen LogP contribution in [0, 0.1) is 0 Å². The number of rotatable bonds is 3. The molecule has 26 heavy (non-hydrogen) atoms. The summed E-state index contributed by atoms with van der Waals surface area (Å²) in [5, 5.41) is 13.2. The highest BCUT2D eigenvalue weighted by molar-refractivity contribution is 7.13. The predicted octanol–water partition coefficient (Wildman–Crippen LogP) is 2.06. The Kier molecular flexibility index (Phi) is 4.11. The molecular weight excluding hydrogens is 369 g/mol. The number of hydrogen-bond acceptors (Lipinski definition) is 6. The highest BCUT2D eigenvalue weighted by Crippen LogP contribution is 2.29. The van der Waals surface area contributed by atoms with E-state index in [-0.39, 0.29) is 31.1 Å². The molecule has 0 fully saturated rings. The lowest BCUT2D eigenvalue weighted by Gasteiger charge is -2.27. The molecule has 0 unspecified atom stereocenters. The Labute approximate surface area is 149 Å². The maximum atomic E-state index is 12.9. The summed E-state index contributed by atoms with van der Waals surface area (Å²) in [5.74, 6) is -0.756. The molecule has 0 atom stereocenters. The Morgan fingerprint density at radius 1 is 1.15 bits per heavy atom. The minimum Gasteiger partial charge on any atom is -0.305 e. The van der Waals surface area contributed by atoms with E-state index in [9.17, 15) is 18.0 Å². The van der Waals surface area contributed by atoms with E-state index in [4.69, 9.17) is 0 Å². The largest absolute Gasteiger partial charge is 0.451 e. The monoisotopic (exact) mass is 382 g/mol. The van der Waals surface area contributed by atoms with Crippen LogP contribution in [0.1, 0.15) is 11.6 Å². The molecule has 0 aromatic carbocycles. The van der Waals surface area contributed by atoms with Crippen LogP contribution >= 0.6 is 11.3 Å². The third-order valence-electron chi connectivity index (χ3n) is 4.06. The Bertz CT molecular complexity index is 978. The standard InChI is InChI=1S/C15H13F3N6OS/c16-15(17,18)14-20-19-12-8-22(5-6-23(12)14)9-24-13(25)4-3-10(21-24)11-2-1-7-26-11/h1-4,7H,5-6,8-9H2. The second-order valence-electron chi connectivity index (χ2n) is 5.82. The van der Waals surface area contributed by atoms with E-state index in [1.807, 2.05) is 22.4 Å². The van der Waals surface area contributed by atoms with Gasteiger partial charge in [0.2, 0.25) is 5.82 Å². The third-order valence-corrected chi connectivity index (χ3v) is 4.95. The summed E-state index contributed by atoms with van der Waals surface area (Å²) in [6, 6.07) is 6.90. The summed E-state index contributed by atoms with van der Waals surface area (Å²) in [7, 11) is 0. The average Bonchev–Trinajstić information content (AvgIpc) is 3.25. The van der Waals surface area contributed by atoms with Crippen LogP contribution in [-0.2, 0) is 25.9 Å². The topological polar surface area (TPSA) is 68.8 Å². The molecule has 11 heteroatoms. The first-order valence-corrected chi connectivity index (χ1v) is 8.63. The van der Waals surface area contributed by atoms with Crippen LogP contribution in [0.4, 0.5) is 13.2 Å². The van der Waals surface area contributed by atoms with Crippen LogP contribution in [0.25, 0.3) is 10.6 Å². The number of alkyl halides is 3. The third kappa shape index (κ3) is 3.15. The molecule has 0 saturated heterocycles. The number of halogens is 3. The average molecular weight is 382 g/mol. The summed E-state index contributed by atoms with van der Waals surface area (Å²) in [6.45, 7) is 0.786. The lowest BCUT2D eigenvalue weighted by atomic mass is 10.3. The zero-order valence-electron chi connectivity index (χ0n) is 13.3. The van der Waals surface area contributed by atoms with Gasteiger partial charge >= 0.3 is 6.18 Å². The first-order chi connectivity index (χ1) is 12.4. The number of nitrogens with zero attached hydrogens (tertiary/aromatic N) is 6. The number of thiophene rings is 1. The molecule has 0 amide bonds. The maximum absolute atomic E-state index is 12.9. The van der Waals surface area contributed by atoms with E-state index < -0.39 is 12.0 Å². The fourth-order valence-electron chi connectivity index (χ4n) is 2.83. The Hall–Kier alpha value is -2.53. The normalized spacial score (nSPS) is 15.2. The van der Waals surface area contributed by atoms with E-state index in [1.54, 1.807) is 6.07 Å². The highest BCUT2D eigenvalue weighted by atomic mass is 32.1. The summed E-state index contributed by atoms with van der Waals surface area (Å²) in [5.41, 5.74) is 0.410. The molecule has 0 bridgehead atoms. The van der Waals surface area contributed by atoms with Gasteiger partial charge in [-0.3, -0.25) is 9.69 Å². The molecular formula is C15H13F3N6OS. The van der Waals surface area contributed by atoms with Gasteiger partial charge < -0.3 is 4.57 Å². The van der Waals surface area contributed by atoms with Crippen LogP contribution in [-0.4, -0.2) is 36.0 Å². The molecule has 0 N–H and O–H groups in total. The highest BCUT2D eigenvalue weighted by Gasteiger charge is 2.39. The van der Waals surface area contributed by atoms with Crippen molar-refractivity contribution in [2.45, 2.75) is 25.9 Å². The fourth-order valence-corrected chi connectivity index (χ4v) is 3.52. The zero-order chi connectivity index (χ0) is 18.3. The second-order valence-corrected chi connectivity index (χ2v) is 6.76. The van der Waals surface area contributed by atoms with Crippen LogP contribution in [0.3, 0.4) is 0 Å². The Morgan fingerprint density at radius 2 is 2.00 bits per heavy atom. The van der Waals surface area contributed by atoms with Crippen molar-refractivity contribution >= 4 is 11.3 Å². The van der Waals surface area contributed by atoms with Gasteiger partial charge in [0.05, 0.1) is 18.1 Å². The van der Waals surface area contributed by atoms with Gasteiger partial charge in [-0.15, -0.1) is 21.5 Å². The SMILES string of the molecule is O=c1ccc(-c2cccs2)nn1CN1CCn2c(nnc2C(F)(F)F)C1. The Balaban J connectivity index is 1.55. The molecule has 0 spiro atoms. The summed E-state index contributed by atoms with van der Waals surface area (Å²) in [6.07, 6.45) is -4.53. The van der Waals surface area contributed by atoms with Crippen LogP contribution in [0.5, 0.6) is 0 Å². The van der Waals surface area contributed by atoms with Crippen molar-refractivity contribution in [2.24, 2.45) is 0 Å². The van der Waals surface area contributed by atoms with Gasteiger partial charge in [0.1, 0.15) is 11.5 Å². The van der Waals surface area contributed by atoms with Gasteiger partial charge in [0.25, 0.3) is 5.56 Å². The van der Waals surface area contributed by atoms with Crippen molar-refractivity contribution in [2.75, 3.05) is 6.54 Å². The van der Waals surface area contributed by atoms with Crippen LogP contribution < -0.4 is 5.56 Å². The van der Waals surface area contributed by atoms with E-state index in [0.29, 0.717) is 12.2 Å². The van der Waals surface area contributed by atoms with Crippen molar-refractivity contribution in [3.8, 4) is 10.6 Å². The summed E-state index contributed by atoms with van der Waals surface area (Å²) >= 11 is 1.51. The maximum Gasteiger partial charge on any atom is 0.451 e. The molecule has 0 radical (unpaired) electrons. The molecule has 4 rings (SSSR count). The molecule has 3 aromatic rings. The molecule has 1 aliphatic heterocycles. The van der Waals surface area contributed by atoms with Gasteiger partial charge in [-0.25, -0.2) is 4.68 Å². The second kappa shape index (κ2) is 6.32. The van der Waals surface area contributed by atoms with Crippen molar-refractivity contribution in [3.63, 3.8) is 0 Å². The number of aromatic nitrogens is 5. The van der Waals surface area contributed by atoms with Crippen molar-refractivity contribution in [3.05, 3.63) is 51.6 Å². The summed E-state index contributed by atoms with van der Waals surface area (Å²) in [4.78, 5) is 14.8. The van der Waals surface area contributed by atoms with Crippen LogP contribution in [0.15, 0.2) is 34.4 Å². The van der Waals surface area contributed by atoms with Gasteiger partial charge in [0, 0.05) is 19.2 Å². The first-order valence-electron chi connectivity index (χ1n) is 7.75. The lowest BCUT2D eigenvalue weighted by molar-refractivity contribution is -0.148. The molecule has 136 valence electrons. The first kappa shape index (κ1) is 16.9. The zero-order valence-corrected chi connectivity index (χ0v) is 14.2. The Morgan fingerprint density at radius 3 is 2.73 bits per heavy atom. The van der Waals surface area contributed by atoms with E-state index in [0.717, 1.165) is 9.44 Å². The molecule has 7 nitrogen and oxygen atoms in total. The van der Waals surface area contributed by atoms with Gasteiger partial charge in [0.15, 0.2) is 0 Å². The molecule has 3 aromatic heterocycles. The quantitative estimate of drug-likeness (QED) is 0.694. The number of hydrogen-bond donors (Lipinski definition) is 0. The minimum absolute atomic E-state index is 0.108. The van der Waals surface area contributed by atoms with E-state index in [1.165, 1.54) is 22.1 Å². The molecule has 1 aliphatic rings. The van der Waals surface area contributed by atoms with Crippen molar-refractivity contribution < 1.29 is 13.2 Å².